The lowest BCUT2D eigenvalue weighted by atomic mass is 9.87. The molecule has 2 atom stereocenters. The van der Waals surface area contributed by atoms with E-state index < -0.39 is 0 Å². The highest BCUT2D eigenvalue weighted by molar-refractivity contribution is 7.14. The molecule has 1 amide bonds. The molecule has 2 heterocycles. The lowest BCUT2D eigenvalue weighted by Crippen LogP contribution is -2.25. The van der Waals surface area contributed by atoms with Crippen molar-refractivity contribution in [2.24, 2.45) is 5.92 Å². The largest absolute Gasteiger partial charge is 0.345 e. The highest BCUT2D eigenvalue weighted by Crippen LogP contribution is 2.33. The summed E-state index contributed by atoms with van der Waals surface area (Å²) < 4.78 is 0. The zero-order valence-corrected chi connectivity index (χ0v) is 14.0. The Hall–Kier alpha value is -1.68. The number of hydrogen-bond acceptors (Lipinski definition) is 3. The van der Waals surface area contributed by atoms with Crippen molar-refractivity contribution in [3.8, 4) is 0 Å². The number of carbonyl (C=O) groups excluding carboxylic acids is 1. The van der Waals surface area contributed by atoms with Crippen molar-refractivity contribution in [1.29, 1.82) is 0 Å². The van der Waals surface area contributed by atoms with Crippen LogP contribution in [0.5, 0.6) is 0 Å². The Labute approximate surface area is 135 Å². The van der Waals surface area contributed by atoms with Crippen molar-refractivity contribution in [2.45, 2.75) is 45.6 Å². The van der Waals surface area contributed by atoms with Crippen molar-refractivity contribution >= 4 is 17.2 Å². The molecular formula is C18H22N2OS. The molecule has 116 valence electrons. The maximum absolute atomic E-state index is 12.5. The molecule has 1 N–H and O–H groups in total. The molecule has 0 spiro atoms. The molecule has 0 fully saturated rings. The Bertz CT molecular complexity index is 650. The summed E-state index contributed by atoms with van der Waals surface area (Å²) in [7, 11) is 0. The Morgan fingerprint density at radius 1 is 1.45 bits per heavy atom. The monoisotopic (exact) mass is 314 g/mol. The second kappa shape index (κ2) is 6.61. The van der Waals surface area contributed by atoms with Gasteiger partial charge < -0.3 is 5.32 Å². The Morgan fingerprint density at radius 2 is 2.23 bits per heavy atom. The first-order valence-electron chi connectivity index (χ1n) is 7.99. The number of pyridine rings is 1. The van der Waals surface area contributed by atoms with Crippen LogP contribution < -0.4 is 5.32 Å². The summed E-state index contributed by atoms with van der Waals surface area (Å²) in [6.07, 6.45) is 8.27. The molecule has 2 aromatic rings. The third-order valence-electron chi connectivity index (χ3n) is 4.54. The molecule has 2 unspecified atom stereocenters. The van der Waals surface area contributed by atoms with Gasteiger partial charge in [-0.3, -0.25) is 9.78 Å². The molecule has 2 aromatic heterocycles. The number of rotatable bonds is 4. The zero-order valence-electron chi connectivity index (χ0n) is 13.1. The van der Waals surface area contributed by atoms with Gasteiger partial charge in [0.05, 0.1) is 10.9 Å². The van der Waals surface area contributed by atoms with Gasteiger partial charge >= 0.3 is 0 Å². The van der Waals surface area contributed by atoms with E-state index >= 15 is 0 Å². The predicted molar refractivity (Wildman–Crippen MR) is 90.2 cm³/mol. The number of carbonyl (C=O) groups is 1. The number of aromatic nitrogens is 1. The van der Waals surface area contributed by atoms with E-state index in [-0.39, 0.29) is 11.9 Å². The van der Waals surface area contributed by atoms with E-state index in [1.165, 1.54) is 23.3 Å². The van der Waals surface area contributed by atoms with Gasteiger partial charge in [-0.25, -0.2) is 0 Å². The van der Waals surface area contributed by atoms with Crippen LogP contribution in [0, 0.1) is 5.92 Å². The predicted octanol–water partition coefficient (Wildman–Crippen LogP) is 4.15. The number of hydrogen-bond donors (Lipinski definition) is 1. The van der Waals surface area contributed by atoms with Gasteiger partial charge in [-0.15, -0.1) is 11.3 Å². The van der Waals surface area contributed by atoms with Crippen LogP contribution >= 0.6 is 11.3 Å². The van der Waals surface area contributed by atoms with Gasteiger partial charge in [0.1, 0.15) is 0 Å². The van der Waals surface area contributed by atoms with E-state index in [4.69, 9.17) is 0 Å². The lowest BCUT2D eigenvalue weighted by Gasteiger charge is -2.19. The third-order valence-corrected chi connectivity index (χ3v) is 5.78. The van der Waals surface area contributed by atoms with Crippen molar-refractivity contribution in [1.82, 2.24) is 10.3 Å². The van der Waals surface area contributed by atoms with Crippen molar-refractivity contribution in [3.63, 3.8) is 0 Å². The molecule has 1 aliphatic rings. The van der Waals surface area contributed by atoms with Crippen LogP contribution in [-0.4, -0.2) is 10.9 Å². The standard InChI is InChI=1S/C18H22N2OS/c1-3-13-4-5-16-15(10-13)11-17(22-16)18(21)20-12(2)14-6-8-19-9-7-14/h6-9,11-13H,3-5,10H2,1-2H3,(H,20,21). The normalized spacial score (nSPS) is 18.5. The zero-order chi connectivity index (χ0) is 15.5. The summed E-state index contributed by atoms with van der Waals surface area (Å²) in [4.78, 5) is 18.8. The fourth-order valence-electron chi connectivity index (χ4n) is 3.06. The molecular weight excluding hydrogens is 292 g/mol. The van der Waals surface area contributed by atoms with Crippen molar-refractivity contribution < 1.29 is 4.79 Å². The third kappa shape index (κ3) is 3.22. The smallest absolute Gasteiger partial charge is 0.261 e. The topological polar surface area (TPSA) is 42.0 Å². The highest BCUT2D eigenvalue weighted by atomic mass is 32.1. The van der Waals surface area contributed by atoms with E-state index in [0.717, 1.165) is 29.2 Å². The average Bonchev–Trinajstić information content (AvgIpc) is 2.98. The van der Waals surface area contributed by atoms with Crippen molar-refractivity contribution in [2.75, 3.05) is 0 Å². The van der Waals surface area contributed by atoms with Crippen LogP contribution in [0.1, 0.15) is 58.4 Å². The van der Waals surface area contributed by atoms with Gasteiger partial charge in [-0.05, 0) is 61.4 Å². The first-order valence-corrected chi connectivity index (χ1v) is 8.81. The fraction of sp³-hybridized carbons (Fsp3) is 0.444. The summed E-state index contributed by atoms with van der Waals surface area (Å²) in [6, 6.07) is 5.99. The van der Waals surface area contributed by atoms with E-state index in [2.05, 4.69) is 23.3 Å². The van der Waals surface area contributed by atoms with E-state index in [1.54, 1.807) is 23.7 Å². The minimum absolute atomic E-state index is 0.00183. The summed E-state index contributed by atoms with van der Waals surface area (Å²) >= 11 is 1.67. The van der Waals surface area contributed by atoms with Gasteiger partial charge in [0.15, 0.2) is 0 Å². The second-order valence-electron chi connectivity index (χ2n) is 6.05. The van der Waals surface area contributed by atoms with Crippen molar-refractivity contribution in [3.05, 3.63) is 51.5 Å². The van der Waals surface area contributed by atoms with Crippen LogP contribution in [-0.2, 0) is 12.8 Å². The van der Waals surface area contributed by atoms with Crippen LogP contribution in [0.4, 0.5) is 0 Å². The molecule has 0 aliphatic heterocycles. The molecule has 3 rings (SSSR count). The number of thiophene rings is 1. The molecule has 22 heavy (non-hydrogen) atoms. The van der Waals surface area contributed by atoms with Gasteiger partial charge in [-0.2, -0.15) is 0 Å². The summed E-state index contributed by atoms with van der Waals surface area (Å²) in [6.45, 7) is 4.26. The second-order valence-corrected chi connectivity index (χ2v) is 7.19. The number of amides is 1. The minimum atomic E-state index is -0.00183. The van der Waals surface area contributed by atoms with E-state index in [0.29, 0.717) is 0 Å². The number of aryl methyl sites for hydroxylation is 1. The molecule has 1 aliphatic carbocycles. The van der Waals surface area contributed by atoms with Crippen LogP contribution in [0.2, 0.25) is 0 Å². The fourth-order valence-corrected chi connectivity index (χ4v) is 4.17. The Balaban J connectivity index is 1.70. The maximum atomic E-state index is 12.5. The highest BCUT2D eigenvalue weighted by Gasteiger charge is 2.22. The Kier molecular flexibility index (Phi) is 4.57. The quantitative estimate of drug-likeness (QED) is 0.921. The maximum Gasteiger partial charge on any atom is 0.261 e. The van der Waals surface area contributed by atoms with Crippen LogP contribution in [0.3, 0.4) is 0 Å². The molecule has 0 aromatic carbocycles. The minimum Gasteiger partial charge on any atom is -0.345 e. The van der Waals surface area contributed by atoms with Crippen LogP contribution in [0.25, 0.3) is 0 Å². The van der Waals surface area contributed by atoms with Gasteiger partial charge in [-0.1, -0.05) is 13.3 Å². The van der Waals surface area contributed by atoms with Gasteiger partial charge in [0.25, 0.3) is 5.91 Å². The lowest BCUT2D eigenvalue weighted by molar-refractivity contribution is 0.0944. The Morgan fingerprint density at radius 3 is 2.95 bits per heavy atom. The first kappa shape index (κ1) is 15.2. The molecule has 0 radical (unpaired) electrons. The SMILES string of the molecule is CCC1CCc2sc(C(=O)NC(C)c3ccncc3)cc2C1. The van der Waals surface area contributed by atoms with Gasteiger partial charge in [0.2, 0.25) is 0 Å². The van der Waals surface area contributed by atoms with Crippen LogP contribution in [0.15, 0.2) is 30.6 Å². The molecule has 3 nitrogen and oxygen atoms in total. The summed E-state index contributed by atoms with van der Waals surface area (Å²) in [5, 5.41) is 3.09. The van der Waals surface area contributed by atoms with Gasteiger partial charge in [0, 0.05) is 17.3 Å². The number of nitrogens with zero attached hydrogens (tertiary/aromatic N) is 1. The number of fused-ring (bicyclic) bond motifs is 1. The summed E-state index contributed by atoms with van der Waals surface area (Å²) in [5.41, 5.74) is 2.47. The average molecular weight is 314 g/mol. The molecule has 0 saturated heterocycles. The van der Waals surface area contributed by atoms with E-state index in [9.17, 15) is 4.79 Å². The first-order chi connectivity index (χ1) is 10.7. The summed E-state index contributed by atoms with van der Waals surface area (Å²) in [5.74, 6) is 0.825. The molecule has 0 bridgehead atoms. The van der Waals surface area contributed by atoms with E-state index in [1.807, 2.05) is 19.1 Å². The molecule has 4 heteroatoms. The number of nitrogens with one attached hydrogen (secondary N) is 1. The molecule has 0 saturated carbocycles.